The third-order valence-corrected chi connectivity index (χ3v) is 3.55. The van der Waals surface area contributed by atoms with Gasteiger partial charge in [0.2, 0.25) is 0 Å². The van der Waals surface area contributed by atoms with E-state index < -0.39 is 0 Å². The molecule has 6 heteroatoms. The van der Waals surface area contributed by atoms with E-state index in [1.807, 2.05) is 36.4 Å². The number of carbonyl (C=O) groups excluding carboxylic acids is 1. The van der Waals surface area contributed by atoms with E-state index in [9.17, 15) is 4.79 Å². The maximum atomic E-state index is 12.3. The first-order valence-corrected chi connectivity index (χ1v) is 7.41. The van der Waals surface area contributed by atoms with Gasteiger partial charge in [-0.1, -0.05) is 12.1 Å². The predicted molar refractivity (Wildman–Crippen MR) is 90.3 cm³/mol. The Labute approximate surface area is 139 Å². The highest BCUT2D eigenvalue weighted by Crippen LogP contribution is 2.22. The molecular formula is C18H17N3O3. The number of rotatable bonds is 5. The van der Waals surface area contributed by atoms with E-state index in [0.29, 0.717) is 23.6 Å². The molecule has 0 radical (unpaired) electrons. The molecule has 0 aliphatic rings. The molecule has 0 aliphatic heterocycles. The number of nitrogens with zero attached hydrogens (tertiary/aromatic N) is 2. The van der Waals surface area contributed by atoms with Crippen molar-refractivity contribution in [1.29, 1.82) is 0 Å². The molecule has 1 N–H and O–H groups in total. The normalized spacial score (nSPS) is 10.4. The van der Waals surface area contributed by atoms with E-state index in [1.54, 1.807) is 20.3 Å². The van der Waals surface area contributed by atoms with Crippen molar-refractivity contribution in [2.75, 3.05) is 14.2 Å². The number of benzene rings is 2. The van der Waals surface area contributed by atoms with Gasteiger partial charge in [-0.25, -0.2) is 4.98 Å². The second-order valence-electron chi connectivity index (χ2n) is 5.15. The Bertz CT molecular complexity index is 858. The highest BCUT2D eigenvalue weighted by Gasteiger charge is 2.10. The highest BCUT2D eigenvalue weighted by molar-refractivity contribution is 5.93. The largest absolute Gasteiger partial charge is 0.497 e. The van der Waals surface area contributed by atoms with Crippen LogP contribution in [0.2, 0.25) is 0 Å². The molecule has 0 fully saturated rings. The molecule has 3 rings (SSSR count). The van der Waals surface area contributed by atoms with Gasteiger partial charge in [-0.3, -0.25) is 9.78 Å². The van der Waals surface area contributed by atoms with Crippen molar-refractivity contribution in [2.45, 2.75) is 6.54 Å². The van der Waals surface area contributed by atoms with Crippen LogP contribution in [0, 0.1) is 0 Å². The van der Waals surface area contributed by atoms with Gasteiger partial charge in [-0.2, -0.15) is 0 Å². The summed E-state index contributed by atoms with van der Waals surface area (Å²) in [5.41, 5.74) is 2.59. The average molecular weight is 323 g/mol. The van der Waals surface area contributed by atoms with Crippen molar-refractivity contribution in [1.82, 2.24) is 15.3 Å². The molecule has 6 nitrogen and oxygen atoms in total. The number of hydrogen-bond donors (Lipinski definition) is 1. The lowest BCUT2D eigenvalue weighted by Gasteiger charge is -2.09. The van der Waals surface area contributed by atoms with Crippen molar-refractivity contribution in [3.8, 4) is 11.5 Å². The Kier molecular flexibility index (Phi) is 4.56. The number of hydrogen-bond acceptors (Lipinski definition) is 5. The van der Waals surface area contributed by atoms with E-state index in [-0.39, 0.29) is 11.6 Å². The Balaban J connectivity index is 1.74. The van der Waals surface area contributed by atoms with Crippen LogP contribution < -0.4 is 14.8 Å². The SMILES string of the molecule is COc1cc(CNC(=O)c2cnc3ccccc3n2)cc(OC)c1. The van der Waals surface area contributed by atoms with Crippen LogP contribution >= 0.6 is 0 Å². The summed E-state index contributed by atoms with van der Waals surface area (Å²) in [7, 11) is 3.17. The van der Waals surface area contributed by atoms with E-state index in [4.69, 9.17) is 9.47 Å². The molecule has 2 aromatic carbocycles. The Hall–Kier alpha value is -3.15. The molecule has 0 spiro atoms. The zero-order chi connectivity index (χ0) is 16.9. The molecule has 0 bridgehead atoms. The van der Waals surface area contributed by atoms with Crippen molar-refractivity contribution < 1.29 is 14.3 Å². The molecule has 0 saturated heterocycles. The molecule has 1 amide bonds. The molecular weight excluding hydrogens is 306 g/mol. The second-order valence-corrected chi connectivity index (χ2v) is 5.15. The Morgan fingerprint density at radius 2 is 1.71 bits per heavy atom. The van der Waals surface area contributed by atoms with Crippen molar-refractivity contribution in [3.05, 3.63) is 59.9 Å². The van der Waals surface area contributed by atoms with Gasteiger partial charge in [-0.15, -0.1) is 0 Å². The number of ether oxygens (including phenoxy) is 2. The quantitative estimate of drug-likeness (QED) is 0.781. The van der Waals surface area contributed by atoms with Gasteiger partial charge in [0.25, 0.3) is 5.91 Å². The van der Waals surface area contributed by atoms with E-state index in [0.717, 1.165) is 11.1 Å². The maximum absolute atomic E-state index is 12.3. The molecule has 3 aromatic rings. The third-order valence-electron chi connectivity index (χ3n) is 3.55. The monoisotopic (exact) mass is 323 g/mol. The summed E-state index contributed by atoms with van der Waals surface area (Å²) in [5.74, 6) is 1.06. The van der Waals surface area contributed by atoms with Crippen LogP contribution in [0.4, 0.5) is 0 Å². The van der Waals surface area contributed by atoms with Gasteiger partial charge in [-0.05, 0) is 29.8 Å². The van der Waals surface area contributed by atoms with Crippen LogP contribution in [0.1, 0.15) is 16.1 Å². The Morgan fingerprint density at radius 3 is 2.38 bits per heavy atom. The standard InChI is InChI=1S/C18H17N3O3/c1-23-13-7-12(8-14(9-13)24-2)10-20-18(22)17-11-19-15-5-3-4-6-16(15)21-17/h3-9,11H,10H2,1-2H3,(H,20,22). The summed E-state index contributed by atoms with van der Waals surface area (Å²) in [6.45, 7) is 0.334. The minimum absolute atomic E-state index is 0.281. The van der Waals surface area contributed by atoms with Crippen molar-refractivity contribution in [3.63, 3.8) is 0 Å². The Morgan fingerprint density at radius 1 is 1.04 bits per heavy atom. The number of aromatic nitrogens is 2. The zero-order valence-electron chi connectivity index (χ0n) is 13.4. The summed E-state index contributed by atoms with van der Waals surface area (Å²) in [4.78, 5) is 20.9. The zero-order valence-corrected chi connectivity index (χ0v) is 13.4. The first-order valence-electron chi connectivity index (χ1n) is 7.41. The topological polar surface area (TPSA) is 73.3 Å². The summed E-state index contributed by atoms with van der Waals surface area (Å²) in [5, 5.41) is 2.83. The number of para-hydroxylation sites is 2. The fraction of sp³-hybridized carbons (Fsp3) is 0.167. The van der Waals surface area contributed by atoms with E-state index in [1.165, 1.54) is 6.20 Å². The van der Waals surface area contributed by atoms with Gasteiger partial charge in [0.15, 0.2) is 0 Å². The van der Waals surface area contributed by atoms with Crippen LogP contribution in [0.5, 0.6) is 11.5 Å². The second kappa shape index (κ2) is 6.95. The lowest BCUT2D eigenvalue weighted by molar-refractivity contribution is 0.0946. The lowest BCUT2D eigenvalue weighted by atomic mass is 10.2. The molecule has 0 unspecified atom stereocenters. The summed E-state index contributed by atoms with van der Waals surface area (Å²) < 4.78 is 10.4. The van der Waals surface area contributed by atoms with Crippen LogP contribution in [0.25, 0.3) is 11.0 Å². The van der Waals surface area contributed by atoms with Gasteiger partial charge in [0.1, 0.15) is 17.2 Å². The fourth-order valence-corrected chi connectivity index (χ4v) is 2.31. The average Bonchev–Trinajstić information content (AvgIpc) is 2.65. The van der Waals surface area contributed by atoms with Crippen LogP contribution in [0.3, 0.4) is 0 Å². The van der Waals surface area contributed by atoms with Crippen molar-refractivity contribution >= 4 is 16.9 Å². The number of fused-ring (bicyclic) bond motifs is 1. The molecule has 0 saturated carbocycles. The number of amides is 1. The van der Waals surface area contributed by atoms with E-state index in [2.05, 4.69) is 15.3 Å². The predicted octanol–water partition coefficient (Wildman–Crippen LogP) is 2.58. The van der Waals surface area contributed by atoms with E-state index >= 15 is 0 Å². The van der Waals surface area contributed by atoms with Crippen molar-refractivity contribution in [2.24, 2.45) is 0 Å². The maximum Gasteiger partial charge on any atom is 0.271 e. The first-order chi connectivity index (χ1) is 11.7. The highest BCUT2D eigenvalue weighted by atomic mass is 16.5. The number of methoxy groups -OCH3 is 2. The third kappa shape index (κ3) is 3.43. The molecule has 0 atom stereocenters. The van der Waals surface area contributed by atoms with Crippen LogP contribution in [-0.2, 0) is 6.54 Å². The number of carbonyl (C=O) groups is 1. The molecule has 24 heavy (non-hydrogen) atoms. The summed E-state index contributed by atoms with van der Waals surface area (Å²) >= 11 is 0. The first kappa shape index (κ1) is 15.7. The summed E-state index contributed by atoms with van der Waals surface area (Å²) in [6, 6.07) is 12.9. The minimum Gasteiger partial charge on any atom is -0.497 e. The molecule has 1 aromatic heterocycles. The summed E-state index contributed by atoms with van der Waals surface area (Å²) in [6.07, 6.45) is 1.48. The van der Waals surface area contributed by atoms with Crippen LogP contribution in [-0.4, -0.2) is 30.1 Å². The van der Waals surface area contributed by atoms with Gasteiger partial charge < -0.3 is 14.8 Å². The molecule has 1 heterocycles. The molecule has 0 aliphatic carbocycles. The van der Waals surface area contributed by atoms with Gasteiger partial charge >= 0.3 is 0 Å². The van der Waals surface area contributed by atoms with Crippen LogP contribution in [0.15, 0.2) is 48.7 Å². The smallest absolute Gasteiger partial charge is 0.271 e. The van der Waals surface area contributed by atoms with Gasteiger partial charge in [0, 0.05) is 12.6 Å². The number of nitrogens with one attached hydrogen (secondary N) is 1. The molecule has 122 valence electrons. The minimum atomic E-state index is -0.282. The van der Waals surface area contributed by atoms with Gasteiger partial charge in [0.05, 0.1) is 31.4 Å². The fourth-order valence-electron chi connectivity index (χ4n) is 2.31. The lowest BCUT2D eigenvalue weighted by Crippen LogP contribution is -2.24.